The zero-order chi connectivity index (χ0) is 47.8. The smallest absolute Gasteiger partial charge is 0.0629 e. The normalized spacial score (nSPS) is 14.9. The first kappa shape index (κ1) is 25.8. The van der Waals surface area contributed by atoms with Crippen molar-refractivity contribution in [1.82, 2.24) is 0 Å². The highest BCUT2D eigenvalue weighted by atomic mass is 15.1. The molecule has 0 N–H and O–H groups in total. The van der Waals surface area contributed by atoms with E-state index in [1.165, 1.54) is 22.3 Å². The fraction of sp³-hybridized carbons (Fsp3) is 0.0526. The summed E-state index contributed by atoms with van der Waals surface area (Å²) in [6.45, 7) is 4.55. The van der Waals surface area contributed by atoms with Crippen LogP contribution in [0.4, 0.5) is 17.1 Å². The molecule has 0 aliphatic heterocycles. The maximum absolute atomic E-state index is 8.57. The lowest BCUT2D eigenvalue weighted by atomic mass is 9.81. The molecule has 0 saturated heterocycles. The first-order chi connectivity index (χ1) is 32.6. The molecule has 0 aromatic heterocycles. The van der Waals surface area contributed by atoms with Gasteiger partial charge >= 0.3 is 0 Å². The zero-order valence-corrected chi connectivity index (χ0v) is 32.0. The lowest BCUT2D eigenvalue weighted by Crippen LogP contribution is -2.14. The third kappa shape index (κ3) is 6.51. The summed E-state index contributed by atoms with van der Waals surface area (Å²) in [6, 6.07) is 51.7. The van der Waals surface area contributed by atoms with E-state index in [0.717, 1.165) is 50.4 Å². The summed E-state index contributed by atoms with van der Waals surface area (Å²) in [4.78, 5) is 2.11. The Hall–Kier alpha value is -7.22. The van der Waals surface area contributed by atoms with Crippen molar-refractivity contribution in [3.63, 3.8) is 0 Å². The predicted octanol–water partition coefficient (Wildman–Crippen LogP) is 15.8. The van der Waals surface area contributed by atoms with Crippen molar-refractivity contribution in [3.8, 4) is 66.8 Å². The molecular weight excluding hydrogens is 699 g/mol. The fourth-order valence-electron chi connectivity index (χ4n) is 8.23. The molecule has 0 radical (unpaired) electrons. The second kappa shape index (κ2) is 14.7. The van der Waals surface area contributed by atoms with Gasteiger partial charge < -0.3 is 4.90 Å². The minimum atomic E-state index is -0.426. The summed E-state index contributed by atoms with van der Waals surface area (Å²) in [5.74, 6) is 0. The van der Waals surface area contributed by atoms with E-state index >= 15 is 0 Å². The molecule has 1 nitrogen and oxygen atoms in total. The first-order valence-electron chi connectivity index (χ1n) is 24.3. The lowest BCUT2D eigenvalue weighted by molar-refractivity contribution is 0.660. The number of anilines is 3. The Morgan fingerprint density at radius 3 is 1.26 bits per heavy atom. The quantitative estimate of drug-likeness (QED) is 0.149. The van der Waals surface area contributed by atoms with Crippen LogP contribution in [0.3, 0.4) is 0 Å². The van der Waals surface area contributed by atoms with Crippen LogP contribution in [0.5, 0.6) is 0 Å². The molecule has 0 saturated carbocycles. The van der Waals surface area contributed by atoms with Crippen LogP contribution in [0.2, 0.25) is 0 Å². The third-order valence-corrected chi connectivity index (χ3v) is 11.2. The van der Waals surface area contributed by atoms with Crippen LogP contribution in [0.25, 0.3) is 66.8 Å². The summed E-state index contributed by atoms with van der Waals surface area (Å²) in [5, 5.41) is 0. The van der Waals surface area contributed by atoms with Gasteiger partial charge in [-0.1, -0.05) is 177 Å². The van der Waals surface area contributed by atoms with Crippen LogP contribution >= 0.6 is 0 Å². The fourth-order valence-corrected chi connectivity index (χ4v) is 8.23. The molecule has 0 amide bonds. The molecule has 0 unspecified atom stereocenters. The molecule has 9 aromatic rings. The van der Waals surface area contributed by atoms with Gasteiger partial charge in [0.15, 0.2) is 0 Å². The van der Waals surface area contributed by atoms with E-state index < -0.39 is 12.1 Å². The molecule has 0 fully saturated rings. The highest BCUT2D eigenvalue weighted by Gasteiger charge is 2.35. The highest BCUT2D eigenvalue weighted by Crippen LogP contribution is 2.50. The molecule has 0 bridgehead atoms. The van der Waals surface area contributed by atoms with E-state index in [-0.39, 0.29) is 64.9 Å². The molecular formula is C57H43N. The van der Waals surface area contributed by atoms with Gasteiger partial charge in [-0.2, -0.15) is 0 Å². The summed E-state index contributed by atoms with van der Waals surface area (Å²) in [6.07, 6.45) is 0. The Morgan fingerprint density at radius 1 is 0.328 bits per heavy atom. The SMILES string of the molecule is [2H]c1c([2H])c([2H])c(-c2ccc(-c3cc(-c4ccc(N(c5ccccc5)c5ccc(-c6c([2H])c([2H])c([2H])c([2H])c6[2H])cc5)cc4)cc(-c4ccc5c(c4)C(C)(C)c4ccccc4-5)c3)cc2)c([2H])c1[2H]. The van der Waals surface area contributed by atoms with E-state index in [0.29, 0.717) is 11.1 Å². The summed E-state index contributed by atoms with van der Waals surface area (Å²) in [5.41, 5.74) is 14.7. The van der Waals surface area contributed by atoms with Gasteiger partial charge in [0.1, 0.15) is 0 Å². The van der Waals surface area contributed by atoms with Crippen LogP contribution < -0.4 is 4.90 Å². The van der Waals surface area contributed by atoms with E-state index in [9.17, 15) is 0 Å². The predicted molar refractivity (Wildman–Crippen MR) is 246 cm³/mol. The summed E-state index contributed by atoms with van der Waals surface area (Å²) >= 11 is 0. The third-order valence-electron chi connectivity index (χ3n) is 11.2. The van der Waals surface area contributed by atoms with Crippen LogP contribution in [0, 0.1) is 0 Å². The van der Waals surface area contributed by atoms with Gasteiger partial charge in [-0.15, -0.1) is 0 Å². The Kier molecular flexibility index (Phi) is 6.55. The van der Waals surface area contributed by atoms with Crippen LogP contribution in [0.1, 0.15) is 38.7 Å². The minimum Gasteiger partial charge on any atom is -0.311 e. The second-order valence-electron chi connectivity index (χ2n) is 15.1. The van der Waals surface area contributed by atoms with E-state index in [4.69, 9.17) is 13.7 Å². The Bertz CT molecular complexity index is 3400. The highest BCUT2D eigenvalue weighted by molar-refractivity contribution is 5.87. The van der Waals surface area contributed by atoms with Crippen LogP contribution in [-0.2, 0) is 5.41 Å². The van der Waals surface area contributed by atoms with Crippen molar-refractivity contribution < 1.29 is 13.7 Å². The second-order valence-corrected chi connectivity index (χ2v) is 15.1. The van der Waals surface area contributed by atoms with Gasteiger partial charge in [0, 0.05) is 22.5 Å². The molecule has 0 spiro atoms. The van der Waals surface area contributed by atoms with Gasteiger partial charge in [0.05, 0.1) is 13.7 Å². The van der Waals surface area contributed by atoms with Crippen LogP contribution in [-0.4, -0.2) is 0 Å². The Morgan fingerprint density at radius 2 is 0.724 bits per heavy atom. The summed E-state index contributed by atoms with van der Waals surface area (Å²) < 4.78 is 83.2. The molecule has 276 valence electrons. The van der Waals surface area contributed by atoms with Crippen molar-refractivity contribution >= 4 is 17.1 Å². The number of hydrogen-bond acceptors (Lipinski definition) is 1. The molecule has 9 aromatic carbocycles. The Labute approximate surface area is 356 Å². The monoisotopic (exact) mass is 751 g/mol. The maximum Gasteiger partial charge on any atom is 0.0629 e. The number of rotatable bonds is 8. The maximum atomic E-state index is 8.57. The average Bonchev–Trinajstić information content (AvgIpc) is 3.60. The molecule has 1 aliphatic rings. The van der Waals surface area contributed by atoms with Crippen molar-refractivity contribution in [2.75, 3.05) is 4.90 Å². The standard InChI is InChI=1S/C57H43N/c1-57(2)55-21-13-12-20-53(55)54-35-30-46(39-56(54)57)49-37-47(44-24-22-42(23-25-44)40-14-6-3-7-15-40)36-48(38-49)45-28-33-52(34-29-45)58(50-18-10-5-11-19-50)51-31-26-43(27-32-51)41-16-8-4-9-17-41/h3-39H,1-2H3/i3D,4D,6D,7D,8D,9D,14D,15D,16D,17D. The average molecular weight is 752 g/mol. The first-order valence-corrected chi connectivity index (χ1v) is 19.3. The number of nitrogens with zero attached hydrogens (tertiary/aromatic N) is 1. The van der Waals surface area contributed by atoms with Gasteiger partial charge in [-0.05, 0) is 139 Å². The molecule has 0 atom stereocenters. The topological polar surface area (TPSA) is 3.24 Å². The largest absolute Gasteiger partial charge is 0.311 e. The van der Waals surface area contributed by atoms with Gasteiger partial charge in [0.25, 0.3) is 0 Å². The summed E-state index contributed by atoms with van der Waals surface area (Å²) in [7, 11) is 0. The molecule has 10 rings (SSSR count). The zero-order valence-electron chi connectivity index (χ0n) is 42.0. The van der Waals surface area contributed by atoms with Crippen molar-refractivity contribution in [2.45, 2.75) is 19.3 Å². The van der Waals surface area contributed by atoms with Gasteiger partial charge in [0.2, 0.25) is 0 Å². The molecule has 58 heavy (non-hydrogen) atoms. The van der Waals surface area contributed by atoms with Crippen molar-refractivity contribution in [1.29, 1.82) is 0 Å². The number of hydrogen-bond donors (Lipinski definition) is 0. The van der Waals surface area contributed by atoms with Crippen molar-refractivity contribution in [2.24, 2.45) is 0 Å². The number of para-hydroxylation sites is 1. The van der Waals surface area contributed by atoms with E-state index in [1.54, 1.807) is 12.1 Å². The molecule has 1 heteroatoms. The Balaban J connectivity index is 1.06. The van der Waals surface area contributed by atoms with Crippen molar-refractivity contribution in [3.05, 3.63) is 235 Å². The minimum absolute atomic E-state index is 0.151. The van der Waals surface area contributed by atoms with Gasteiger partial charge in [-0.25, -0.2) is 0 Å². The lowest BCUT2D eigenvalue weighted by Gasteiger charge is -2.26. The van der Waals surface area contributed by atoms with E-state index in [2.05, 4.69) is 104 Å². The van der Waals surface area contributed by atoms with Gasteiger partial charge in [-0.3, -0.25) is 0 Å². The van der Waals surface area contributed by atoms with Crippen LogP contribution in [0.15, 0.2) is 224 Å². The molecule has 0 heterocycles. The molecule has 1 aliphatic carbocycles. The number of fused-ring (bicyclic) bond motifs is 3. The van der Waals surface area contributed by atoms with E-state index in [1.807, 2.05) is 66.7 Å². The number of benzene rings is 9.